The van der Waals surface area contributed by atoms with Gasteiger partial charge in [0.25, 0.3) is 0 Å². The Labute approximate surface area is 389 Å². The molecule has 0 unspecified atom stereocenters. The van der Waals surface area contributed by atoms with Crippen LogP contribution in [0.2, 0.25) is 0 Å². The predicted molar refractivity (Wildman–Crippen MR) is 242 cm³/mol. The number of likely N-dealkylation sites (tertiary alicyclic amines) is 1. The van der Waals surface area contributed by atoms with Crippen molar-refractivity contribution < 1.29 is 63.6 Å². The van der Waals surface area contributed by atoms with Crippen molar-refractivity contribution in [2.24, 2.45) is 23.3 Å². The number of phenolic OH excluding ortho intramolecular Hbond substituents is 1. The van der Waals surface area contributed by atoms with E-state index in [1.165, 1.54) is 29.2 Å². The third-order valence-electron chi connectivity index (χ3n) is 10.6. The lowest BCUT2D eigenvalue weighted by atomic mass is 10.0. The van der Waals surface area contributed by atoms with Crippen molar-refractivity contribution in [2.45, 2.75) is 121 Å². The van der Waals surface area contributed by atoms with Crippen LogP contribution in [-0.2, 0) is 49.6 Å². The molecule has 1 aliphatic heterocycles. The summed E-state index contributed by atoms with van der Waals surface area (Å²) in [5, 5.41) is 56.7. The van der Waals surface area contributed by atoms with Gasteiger partial charge in [0.15, 0.2) is 0 Å². The summed E-state index contributed by atoms with van der Waals surface area (Å²) in [4.78, 5) is 119. The van der Waals surface area contributed by atoms with E-state index in [4.69, 9.17) is 11.5 Å². The van der Waals surface area contributed by atoms with Crippen LogP contribution in [0.5, 0.6) is 5.75 Å². The second-order valence-electron chi connectivity index (χ2n) is 16.8. The van der Waals surface area contributed by atoms with Crippen molar-refractivity contribution in [2.75, 3.05) is 38.6 Å². The first-order valence-corrected chi connectivity index (χ1v) is 22.5. The number of nitrogens with one attached hydrogen (secondary N) is 7. The van der Waals surface area contributed by atoms with Gasteiger partial charge in [-0.25, -0.2) is 4.79 Å². The molecular formula is C42H68N10O13S. The highest BCUT2D eigenvalue weighted by atomic mass is 32.1. The van der Waals surface area contributed by atoms with E-state index in [1.807, 2.05) is 0 Å². The van der Waals surface area contributed by atoms with Gasteiger partial charge in [-0.1, -0.05) is 46.2 Å². The molecule has 1 aromatic carbocycles. The molecule has 23 nitrogen and oxygen atoms in total. The van der Waals surface area contributed by atoms with E-state index in [0.717, 1.165) is 0 Å². The van der Waals surface area contributed by atoms with Gasteiger partial charge in [-0.15, -0.1) is 0 Å². The molecular weight excluding hydrogens is 885 g/mol. The Hall–Kier alpha value is -5.56. The number of unbranched alkanes of at least 4 members (excludes halogenated alkanes) is 1. The van der Waals surface area contributed by atoms with E-state index < -0.39 is 127 Å². The molecule has 24 heteroatoms. The van der Waals surface area contributed by atoms with Gasteiger partial charge in [0, 0.05) is 18.7 Å². The molecule has 15 N–H and O–H groups in total. The fraction of sp³-hybridized carbons (Fsp3) is 0.643. The predicted octanol–water partition coefficient (Wildman–Crippen LogP) is -3.89. The van der Waals surface area contributed by atoms with Crippen LogP contribution in [0.1, 0.15) is 71.8 Å². The van der Waals surface area contributed by atoms with Crippen molar-refractivity contribution >= 4 is 65.9 Å². The molecule has 66 heavy (non-hydrogen) atoms. The van der Waals surface area contributed by atoms with Crippen molar-refractivity contribution in [3.8, 4) is 5.75 Å². The molecule has 0 spiro atoms. The maximum absolute atomic E-state index is 14.1. The number of aliphatic carboxylic acids is 1. The topological polar surface area (TPSA) is 374 Å². The molecule has 1 aromatic rings. The standard InChI is InChI=1S/C42H68N10O13S/c1-22(2)16-27(46-37(59)30(20-54)49-40(62)34(23(3)4)51-33(56)18-45-35(57)26(44)8-5-6-14-43)36(58)48-29(19-53)38(60)47-28(17-24-10-12-25(55)13-11-24)41(63)52-15-7-9-32(52)39(61)50-31(21-66)42(64)65/h10-13,22-23,26-32,34,53-55,66H,5-9,14-21,43-44H2,1-4H3,(H,45,57)(H,46,59)(H,47,60)(H,48,58)(H,49,62)(H,50,61)(H,51,56)(H,64,65)/t26-,27-,28-,29-,30-,31-,32-,34-/m0/s1. The zero-order valence-corrected chi connectivity index (χ0v) is 38.7. The monoisotopic (exact) mass is 952 g/mol. The van der Waals surface area contributed by atoms with Crippen LogP contribution in [-0.4, -0.2) is 165 Å². The van der Waals surface area contributed by atoms with Crippen molar-refractivity contribution in [3.63, 3.8) is 0 Å². The second-order valence-corrected chi connectivity index (χ2v) is 17.1. The molecule has 1 fully saturated rings. The van der Waals surface area contributed by atoms with Gasteiger partial charge < -0.3 is 74.0 Å². The average molecular weight is 953 g/mol. The molecule has 1 saturated heterocycles. The number of thiol groups is 1. The quantitative estimate of drug-likeness (QED) is 0.0282. The Morgan fingerprint density at radius 1 is 0.758 bits per heavy atom. The molecule has 370 valence electrons. The lowest BCUT2D eigenvalue weighted by molar-refractivity contribution is -0.144. The number of amides is 8. The van der Waals surface area contributed by atoms with Gasteiger partial charge >= 0.3 is 5.97 Å². The first-order chi connectivity index (χ1) is 31.2. The van der Waals surface area contributed by atoms with Gasteiger partial charge in [0.05, 0.1) is 25.8 Å². The summed E-state index contributed by atoms with van der Waals surface area (Å²) in [6, 6.07) is -4.90. The zero-order valence-electron chi connectivity index (χ0n) is 37.8. The number of hydrogen-bond donors (Lipinski definition) is 14. The van der Waals surface area contributed by atoms with E-state index in [0.29, 0.717) is 37.8 Å². The van der Waals surface area contributed by atoms with Crippen LogP contribution in [0, 0.1) is 11.8 Å². The van der Waals surface area contributed by atoms with E-state index >= 15 is 0 Å². The van der Waals surface area contributed by atoms with E-state index in [2.05, 4.69) is 49.8 Å². The lowest BCUT2D eigenvalue weighted by Gasteiger charge is -2.30. The van der Waals surface area contributed by atoms with Crippen LogP contribution in [0.15, 0.2) is 24.3 Å². The summed E-state index contributed by atoms with van der Waals surface area (Å²) >= 11 is 3.97. The molecule has 0 bridgehead atoms. The smallest absolute Gasteiger partial charge is 0.327 e. The van der Waals surface area contributed by atoms with Gasteiger partial charge in [-0.2, -0.15) is 12.6 Å². The fourth-order valence-corrected chi connectivity index (χ4v) is 7.14. The van der Waals surface area contributed by atoms with Gasteiger partial charge in [-0.05, 0) is 68.2 Å². The lowest BCUT2D eigenvalue weighted by Crippen LogP contribution is -2.61. The van der Waals surface area contributed by atoms with Gasteiger partial charge in [0.2, 0.25) is 47.3 Å². The summed E-state index contributed by atoms with van der Waals surface area (Å²) < 4.78 is 0. The third kappa shape index (κ3) is 18.4. The number of carboxylic acid groups (broad SMARTS) is 1. The molecule has 0 aliphatic carbocycles. The number of aliphatic hydroxyl groups excluding tert-OH is 2. The number of aromatic hydroxyl groups is 1. The largest absolute Gasteiger partial charge is 0.508 e. The van der Waals surface area contributed by atoms with Crippen molar-refractivity contribution in [3.05, 3.63) is 29.8 Å². The third-order valence-corrected chi connectivity index (χ3v) is 11.0. The van der Waals surface area contributed by atoms with Crippen LogP contribution in [0.4, 0.5) is 0 Å². The van der Waals surface area contributed by atoms with E-state index in [-0.39, 0.29) is 43.2 Å². The summed E-state index contributed by atoms with van der Waals surface area (Å²) in [6.07, 6.45) is 2.03. The number of nitrogens with two attached hydrogens (primary N) is 2. The van der Waals surface area contributed by atoms with Gasteiger partial charge in [0.1, 0.15) is 48.0 Å². The van der Waals surface area contributed by atoms with E-state index in [9.17, 15) is 63.6 Å². The molecule has 1 aliphatic rings. The second kappa shape index (κ2) is 28.5. The number of nitrogens with zero attached hydrogens (tertiary/aromatic N) is 1. The Morgan fingerprint density at radius 2 is 1.32 bits per heavy atom. The highest BCUT2D eigenvalue weighted by Gasteiger charge is 2.40. The summed E-state index contributed by atoms with van der Waals surface area (Å²) in [6.45, 7) is 4.80. The minimum atomic E-state index is -1.69. The number of phenols is 1. The molecule has 0 aromatic heterocycles. The number of carboxylic acids is 1. The number of hydrogen-bond acceptors (Lipinski definition) is 15. The summed E-state index contributed by atoms with van der Waals surface area (Å²) in [7, 11) is 0. The Kier molecular flexibility index (Phi) is 24.4. The maximum Gasteiger partial charge on any atom is 0.327 e. The SMILES string of the molecule is CC(C)C[C@H](NC(=O)[C@H](CO)NC(=O)[C@@H](NC(=O)CNC(=O)[C@@H](N)CCCCN)C(C)C)C(=O)N[C@@H](CO)C(=O)N[C@@H](Cc1ccc(O)cc1)C(=O)N1CCC[C@H]1C(=O)N[C@@H](CS)C(=O)O. The minimum absolute atomic E-state index is 0.0210. The van der Waals surface area contributed by atoms with Crippen molar-refractivity contribution in [1.29, 1.82) is 0 Å². The van der Waals surface area contributed by atoms with Crippen LogP contribution >= 0.6 is 12.6 Å². The maximum atomic E-state index is 14.1. The Bertz CT molecular complexity index is 1820. The molecule has 8 amide bonds. The van der Waals surface area contributed by atoms with Crippen molar-refractivity contribution in [1.82, 2.24) is 42.1 Å². The van der Waals surface area contributed by atoms with Crippen LogP contribution in [0.25, 0.3) is 0 Å². The van der Waals surface area contributed by atoms with Crippen LogP contribution in [0.3, 0.4) is 0 Å². The number of benzene rings is 1. The summed E-state index contributed by atoms with van der Waals surface area (Å²) in [5.41, 5.74) is 11.8. The van der Waals surface area contributed by atoms with E-state index in [1.54, 1.807) is 27.7 Å². The number of rotatable bonds is 28. The number of carbonyl (C=O) groups is 9. The highest BCUT2D eigenvalue weighted by molar-refractivity contribution is 7.80. The Balaban J connectivity index is 2.21. The molecule has 1 heterocycles. The fourth-order valence-electron chi connectivity index (χ4n) is 6.89. The minimum Gasteiger partial charge on any atom is -0.508 e. The Morgan fingerprint density at radius 3 is 1.85 bits per heavy atom. The van der Waals surface area contributed by atoms with Crippen LogP contribution < -0.4 is 48.7 Å². The zero-order chi connectivity index (χ0) is 49.7. The normalized spacial score (nSPS) is 16.7. The summed E-state index contributed by atoms with van der Waals surface area (Å²) in [5.74, 6) is -8.99. The first-order valence-electron chi connectivity index (χ1n) is 21.9. The highest BCUT2D eigenvalue weighted by Crippen LogP contribution is 2.21. The number of carbonyl (C=O) groups excluding carboxylic acids is 8. The average Bonchev–Trinajstić information content (AvgIpc) is 3.77. The first kappa shape index (κ1) is 56.6. The molecule has 8 atom stereocenters. The molecule has 0 radical (unpaired) electrons. The number of aliphatic hydroxyl groups is 2. The molecule has 2 rings (SSSR count). The van der Waals surface area contributed by atoms with Gasteiger partial charge in [-0.3, -0.25) is 38.4 Å². The molecule has 0 saturated carbocycles.